The molecule has 1 amide bonds. The van der Waals surface area contributed by atoms with E-state index in [1.54, 1.807) is 0 Å². The number of amides is 1. The van der Waals surface area contributed by atoms with Crippen molar-refractivity contribution in [1.82, 2.24) is 4.90 Å². The summed E-state index contributed by atoms with van der Waals surface area (Å²) in [5, 5.41) is 0. The Morgan fingerprint density at radius 2 is 2.00 bits per heavy atom. The molecule has 0 aromatic rings. The van der Waals surface area contributed by atoms with Gasteiger partial charge in [-0.05, 0) is 34.7 Å². The molecule has 2 atom stereocenters. The fourth-order valence-electron chi connectivity index (χ4n) is 2.53. The van der Waals surface area contributed by atoms with Crippen molar-refractivity contribution in [3.8, 4) is 0 Å². The zero-order chi connectivity index (χ0) is 9.64. The van der Waals surface area contributed by atoms with Crippen LogP contribution in [0.15, 0.2) is 0 Å². The zero-order valence-electron chi connectivity index (χ0n) is 7.37. The first-order valence-electron chi connectivity index (χ1n) is 4.55. The van der Waals surface area contributed by atoms with Gasteiger partial charge >= 0.3 is 0 Å². The van der Waals surface area contributed by atoms with Gasteiger partial charge in [0.1, 0.15) is 4.57 Å². The number of primary amides is 1. The summed E-state index contributed by atoms with van der Waals surface area (Å²) in [6.45, 7) is 1.94. The predicted molar refractivity (Wildman–Crippen MR) is 52.8 cm³/mol. The number of hydrogen-bond acceptors (Lipinski definition) is 3. The molecule has 74 valence electrons. The molecule has 4 nitrogen and oxygen atoms in total. The minimum atomic E-state index is -0.694. The molecule has 3 heterocycles. The molecule has 3 saturated heterocycles. The SMILES string of the molecule is NC(=O)C1C2CCN(CC2)C1(N)Br. The summed E-state index contributed by atoms with van der Waals surface area (Å²) < 4.78 is -0.694. The summed E-state index contributed by atoms with van der Waals surface area (Å²) in [6.07, 6.45) is 2.08. The Morgan fingerprint density at radius 1 is 1.46 bits per heavy atom. The van der Waals surface area contributed by atoms with Gasteiger partial charge in [-0.1, -0.05) is 0 Å². The molecule has 5 heteroatoms. The van der Waals surface area contributed by atoms with Crippen molar-refractivity contribution in [2.24, 2.45) is 23.3 Å². The van der Waals surface area contributed by atoms with E-state index in [0.717, 1.165) is 25.9 Å². The van der Waals surface area contributed by atoms with Crippen LogP contribution in [-0.4, -0.2) is 28.5 Å². The van der Waals surface area contributed by atoms with Crippen LogP contribution >= 0.6 is 15.9 Å². The highest BCUT2D eigenvalue weighted by molar-refractivity contribution is 9.10. The first-order valence-corrected chi connectivity index (χ1v) is 5.35. The van der Waals surface area contributed by atoms with Crippen molar-refractivity contribution in [2.45, 2.75) is 17.4 Å². The molecule has 0 aromatic carbocycles. The molecule has 3 aliphatic heterocycles. The number of alkyl halides is 1. The molecule has 2 unspecified atom stereocenters. The molecule has 0 radical (unpaired) electrons. The van der Waals surface area contributed by atoms with Crippen molar-refractivity contribution in [3.63, 3.8) is 0 Å². The third kappa shape index (κ3) is 1.30. The van der Waals surface area contributed by atoms with Crippen LogP contribution in [0.4, 0.5) is 0 Å². The van der Waals surface area contributed by atoms with Gasteiger partial charge in [-0.3, -0.25) is 9.69 Å². The van der Waals surface area contributed by atoms with Gasteiger partial charge in [0.2, 0.25) is 5.91 Å². The average molecular weight is 248 g/mol. The van der Waals surface area contributed by atoms with Crippen molar-refractivity contribution in [1.29, 1.82) is 0 Å². The fourth-order valence-corrected chi connectivity index (χ4v) is 3.49. The molecule has 0 spiro atoms. The van der Waals surface area contributed by atoms with E-state index in [2.05, 4.69) is 20.8 Å². The number of nitrogens with two attached hydrogens (primary N) is 2. The molecule has 3 aliphatic rings. The molecule has 3 rings (SSSR count). The third-order valence-corrected chi connectivity index (χ3v) is 4.23. The van der Waals surface area contributed by atoms with E-state index in [4.69, 9.17) is 11.5 Å². The average Bonchev–Trinajstić information content (AvgIpc) is 2.03. The number of carbonyl (C=O) groups is 1. The normalized spacial score (nSPS) is 49.2. The quantitative estimate of drug-likeness (QED) is 0.499. The molecule has 4 N–H and O–H groups in total. The van der Waals surface area contributed by atoms with E-state index in [9.17, 15) is 4.79 Å². The third-order valence-electron chi connectivity index (χ3n) is 3.24. The first kappa shape index (κ1) is 9.43. The number of carbonyl (C=O) groups excluding carboxylic acids is 1. The maximum Gasteiger partial charge on any atom is 0.224 e. The highest BCUT2D eigenvalue weighted by atomic mass is 79.9. The Labute approximate surface area is 85.8 Å². The smallest absolute Gasteiger partial charge is 0.224 e. The highest BCUT2D eigenvalue weighted by Crippen LogP contribution is 2.44. The van der Waals surface area contributed by atoms with Crippen LogP contribution in [0, 0.1) is 11.8 Å². The zero-order valence-corrected chi connectivity index (χ0v) is 8.96. The molecule has 0 aliphatic carbocycles. The highest BCUT2D eigenvalue weighted by Gasteiger charge is 2.52. The lowest BCUT2D eigenvalue weighted by molar-refractivity contribution is -0.133. The molecule has 13 heavy (non-hydrogen) atoms. The van der Waals surface area contributed by atoms with Crippen LogP contribution in [0.5, 0.6) is 0 Å². The number of halogens is 1. The summed E-state index contributed by atoms with van der Waals surface area (Å²) in [5.74, 6) is -0.157. The number of nitrogens with zero attached hydrogens (tertiary/aromatic N) is 1. The van der Waals surface area contributed by atoms with Gasteiger partial charge in [-0.25, -0.2) is 0 Å². The van der Waals surface area contributed by atoms with Gasteiger partial charge in [-0.15, -0.1) is 0 Å². The topological polar surface area (TPSA) is 72.4 Å². The molecular weight excluding hydrogens is 234 g/mol. The molecule has 3 fully saturated rings. The van der Waals surface area contributed by atoms with E-state index in [1.165, 1.54) is 0 Å². The van der Waals surface area contributed by atoms with E-state index in [-0.39, 0.29) is 11.8 Å². The van der Waals surface area contributed by atoms with E-state index >= 15 is 0 Å². The van der Waals surface area contributed by atoms with Crippen LogP contribution in [-0.2, 0) is 4.79 Å². The van der Waals surface area contributed by atoms with Gasteiger partial charge in [0.15, 0.2) is 0 Å². The Morgan fingerprint density at radius 3 is 2.31 bits per heavy atom. The standard InChI is InChI=1S/C8H14BrN3O/c9-8(11)6(7(10)13)5-1-3-12(8)4-2-5/h5-6H,1-4,11H2,(H2,10,13). The Kier molecular flexibility index (Phi) is 2.13. The molecule has 2 bridgehead atoms. The van der Waals surface area contributed by atoms with Gasteiger partial charge in [0, 0.05) is 13.1 Å². The summed E-state index contributed by atoms with van der Waals surface area (Å²) in [4.78, 5) is 13.3. The van der Waals surface area contributed by atoms with Crippen molar-refractivity contribution in [2.75, 3.05) is 13.1 Å². The lowest BCUT2D eigenvalue weighted by Gasteiger charge is -2.53. The summed E-state index contributed by atoms with van der Waals surface area (Å²) >= 11 is 3.42. The lowest BCUT2D eigenvalue weighted by atomic mass is 9.76. The molecule has 0 saturated carbocycles. The number of rotatable bonds is 1. The van der Waals surface area contributed by atoms with Gasteiger partial charge in [0.05, 0.1) is 5.92 Å². The second-order valence-electron chi connectivity index (χ2n) is 3.93. The Bertz CT molecular complexity index is 236. The van der Waals surface area contributed by atoms with E-state index in [1.807, 2.05) is 0 Å². The van der Waals surface area contributed by atoms with Gasteiger partial charge in [-0.2, -0.15) is 0 Å². The minimum absolute atomic E-state index is 0.241. The van der Waals surface area contributed by atoms with Gasteiger partial charge < -0.3 is 11.5 Å². The van der Waals surface area contributed by atoms with Crippen LogP contribution in [0.25, 0.3) is 0 Å². The van der Waals surface area contributed by atoms with E-state index < -0.39 is 4.57 Å². The maximum absolute atomic E-state index is 11.2. The van der Waals surface area contributed by atoms with E-state index in [0.29, 0.717) is 5.92 Å². The Balaban J connectivity index is 2.29. The second kappa shape index (κ2) is 2.93. The van der Waals surface area contributed by atoms with Crippen molar-refractivity contribution >= 4 is 21.8 Å². The van der Waals surface area contributed by atoms with Crippen LogP contribution < -0.4 is 11.5 Å². The van der Waals surface area contributed by atoms with Crippen molar-refractivity contribution < 1.29 is 4.79 Å². The van der Waals surface area contributed by atoms with Gasteiger partial charge in [0.25, 0.3) is 0 Å². The first-order chi connectivity index (χ1) is 6.03. The second-order valence-corrected chi connectivity index (χ2v) is 5.20. The number of hydrogen-bond donors (Lipinski definition) is 2. The maximum atomic E-state index is 11.2. The van der Waals surface area contributed by atoms with Crippen molar-refractivity contribution in [3.05, 3.63) is 0 Å². The van der Waals surface area contributed by atoms with Crippen LogP contribution in [0.1, 0.15) is 12.8 Å². The Hall–Kier alpha value is -0.130. The number of piperidine rings is 3. The summed E-state index contributed by atoms with van der Waals surface area (Å²) in [6, 6.07) is 0. The monoisotopic (exact) mass is 247 g/mol. The minimum Gasteiger partial charge on any atom is -0.369 e. The van der Waals surface area contributed by atoms with Crippen LogP contribution in [0.3, 0.4) is 0 Å². The predicted octanol–water partition coefficient (Wildman–Crippen LogP) is -0.179. The molecule has 0 aromatic heterocycles. The number of fused-ring (bicyclic) bond motifs is 3. The fraction of sp³-hybridized carbons (Fsp3) is 0.875. The summed E-state index contributed by atoms with van der Waals surface area (Å²) in [5.41, 5.74) is 11.4. The lowest BCUT2D eigenvalue weighted by Crippen LogP contribution is -2.68. The van der Waals surface area contributed by atoms with Crippen LogP contribution in [0.2, 0.25) is 0 Å². The largest absolute Gasteiger partial charge is 0.369 e. The molecular formula is C8H14BrN3O. The summed E-state index contributed by atoms with van der Waals surface area (Å²) in [7, 11) is 0.